The molecule has 11 heteroatoms. The highest BCUT2D eigenvalue weighted by Crippen LogP contribution is 2.44. The number of nitrogens with one attached hydrogen (secondary N) is 1. The van der Waals surface area contributed by atoms with E-state index >= 15 is 0 Å². The number of thiophene rings is 1. The van der Waals surface area contributed by atoms with Gasteiger partial charge in [-0.3, -0.25) is 9.59 Å². The molecule has 0 radical (unpaired) electrons. The van der Waals surface area contributed by atoms with Gasteiger partial charge in [0.25, 0.3) is 11.8 Å². The number of hydrogen-bond donors (Lipinski definition) is 2. The van der Waals surface area contributed by atoms with Gasteiger partial charge in [-0.2, -0.15) is 13.2 Å². The van der Waals surface area contributed by atoms with Crippen LogP contribution in [0.15, 0.2) is 71.1 Å². The summed E-state index contributed by atoms with van der Waals surface area (Å²) in [5.74, 6) is -0.744. The summed E-state index contributed by atoms with van der Waals surface area (Å²) in [5, 5.41) is 2.80. The van der Waals surface area contributed by atoms with Crippen LogP contribution in [0, 0.1) is 6.92 Å². The van der Waals surface area contributed by atoms with E-state index in [1.807, 2.05) is 31.2 Å². The quantitative estimate of drug-likeness (QED) is 0.194. The average molecular weight is 608 g/mol. The number of rotatable bonds is 7. The highest BCUT2D eigenvalue weighted by Gasteiger charge is 2.35. The van der Waals surface area contributed by atoms with E-state index in [1.54, 1.807) is 30.3 Å². The molecule has 3 aromatic heterocycles. The second-order valence-corrected chi connectivity index (χ2v) is 12.1. The first-order valence-corrected chi connectivity index (χ1v) is 14.1. The van der Waals surface area contributed by atoms with Crippen molar-refractivity contribution < 1.29 is 31.9 Å². The second-order valence-electron chi connectivity index (χ2n) is 11.1. The van der Waals surface area contributed by atoms with Gasteiger partial charge in [-0.25, -0.2) is 4.98 Å². The molecule has 0 aliphatic rings. The van der Waals surface area contributed by atoms with Gasteiger partial charge in [-0.15, -0.1) is 11.3 Å². The number of alkyl halides is 3. The van der Waals surface area contributed by atoms with Crippen LogP contribution in [0.2, 0.25) is 0 Å². The van der Waals surface area contributed by atoms with Crippen molar-refractivity contribution in [1.29, 1.82) is 0 Å². The fourth-order valence-electron chi connectivity index (χ4n) is 4.46. The number of fused-ring (bicyclic) bond motifs is 1. The van der Waals surface area contributed by atoms with Crippen LogP contribution in [0.3, 0.4) is 0 Å². The molecule has 0 aliphatic heterocycles. The Bertz CT molecular complexity index is 1820. The normalized spacial score (nSPS) is 12.0. The molecule has 7 nitrogen and oxygen atoms in total. The SMILES string of the molecule is Cc1ccc(-c2cc(C(F)(F)F)nc3sc(C(N)=O)c(NC(=O)c4ccc(COc5ccc(C(C)(C)C)cc5)o4)c23)cc1. The zero-order valence-corrected chi connectivity index (χ0v) is 24.6. The molecule has 2 aromatic carbocycles. The van der Waals surface area contributed by atoms with Gasteiger partial charge < -0.3 is 20.2 Å². The minimum Gasteiger partial charge on any atom is -0.486 e. The molecule has 3 heterocycles. The van der Waals surface area contributed by atoms with E-state index in [9.17, 15) is 22.8 Å². The Morgan fingerprint density at radius 2 is 1.67 bits per heavy atom. The lowest BCUT2D eigenvalue weighted by Gasteiger charge is -2.19. The summed E-state index contributed by atoms with van der Waals surface area (Å²) >= 11 is 0.674. The summed E-state index contributed by atoms with van der Waals surface area (Å²) < 4.78 is 52.8. The molecule has 5 aromatic rings. The molecule has 0 atom stereocenters. The van der Waals surface area contributed by atoms with E-state index < -0.39 is 23.7 Å². The first-order chi connectivity index (χ1) is 20.2. The van der Waals surface area contributed by atoms with Crippen molar-refractivity contribution in [2.75, 3.05) is 5.32 Å². The predicted molar refractivity (Wildman–Crippen MR) is 159 cm³/mol. The Labute approximate surface area is 249 Å². The molecule has 0 spiro atoms. The van der Waals surface area contributed by atoms with Crippen LogP contribution < -0.4 is 15.8 Å². The number of aryl methyl sites for hydroxylation is 1. The van der Waals surface area contributed by atoms with Crippen LogP contribution >= 0.6 is 11.3 Å². The molecular formula is C32H28F3N3O4S. The predicted octanol–water partition coefficient (Wildman–Crippen LogP) is 8.11. The molecule has 0 saturated heterocycles. The number of pyridine rings is 1. The average Bonchev–Trinajstić information content (AvgIpc) is 3.56. The topological polar surface area (TPSA) is 107 Å². The van der Waals surface area contributed by atoms with Gasteiger partial charge in [0, 0.05) is 5.39 Å². The maximum Gasteiger partial charge on any atom is 0.433 e. The van der Waals surface area contributed by atoms with Crippen LogP contribution in [-0.2, 0) is 18.2 Å². The largest absolute Gasteiger partial charge is 0.486 e. The zero-order chi connectivity index (χ0) is 31.1. The van der Waals surface area contributed by atoms with Gasteiger partial charge >= 0.3 is 6.18 Å². The van der Waals surface area contributed by atoms with Crippen molar-refractivity contribution in [2.24, 2.45) is 5.73 Å². The number of primary amides is 1. The van der Waals surface area contributed by atoms with E-state index in [2.05, 4.69) is 31.1 Å². The molecule has 0 bridgehead atoms. The van der Waals surface area contributed by atoms with Crippen LogP contribution in [-0.4, -0.2) is 16.8 Å². The minimum absolute atomic E-state index is 0.00153. The number of aromatic nitrogens is 1. The molecule has 5 rings (SSSR count). The molecule has 0 unspecified atom stereocenters. The molecular weight excluding hydrogens is 579 g/mol. The third-order valence-corrected chi connectivity index (χ3v) is 7.86. The van der Waals surface area contributed by atoms with Crippen LogP contribution in [0.4, 0.5) is 18.9 Å². The zero-order valence-electron chi connectivity index (χ0n) is 23.8. The molecule has 0 saturated carbocycles. The summed E-state index contributed by atoms with van der Waals surface area (Å²) in [5.41, 5.74) is 7.07. The van der Waals surface area contributed by atoms with Gasteiger partial charge in [-0.05, 0) is 59.4 Å². The number of amides is 2. The van der Waals surface area contributed by atoms with Crippen molar-refractivity contribution in [3.8, 4) is 16.9 Å². The van der Waals surface area contributed by atoms with Crippen molar-refractivity contribution >= 4 is 39.1 Å². The lowest BCUT2D eigenvalue weighted by atomic mass is 9.87. The van der Waals surface area contributed by atoms with Crippen LogP contribution in [0.25, 0.3) is 21.3 Å². The molecule has 0 fully saturated rings. The Morgan fingerprint density at radius 3 is 2.28 bits per heavy atom. The second kappa shape index (κ2) is 11.2. The van der Waals surface area contributed by atoms with Crippen LogP contribution in [0.5, 0.6) is 5.75 Å². The maximum absolute atomic E-state index is 13.8. The van der Waals surface area contributed by atoms with E-state index in [-0.39, 0.29) is 44.1 Å². The molecule has 3 N–H and O–H groups in total. The maximum atomic E-state index is 13.8. The smallest absolute Gasteiger partial charge is 0.433 e. The summed E-state index contributed by atoms with van der Waals surface area (Å²) in [6.07, 6.45) is -4.74. The van der Waals surface area contributed by atoms with Crippen molar-refractivity contribution in [3.05, 3.63) is 99.9 Å². The van der Waals surface area contributed by atoms with Gasteiger partial charge in [0.15, 0.2) is 5.76 Å². The monoisotopic (exact) mass is 607 g/mol. The van der Waals surface area contributed by atoms with E-state index in [0.29, 0.717) is 28.4 Å². The van der Waals surface area contributed by atoms with E-state index in [1.165, 1.54) is 6.07 Å². The third-order valence-electron chi connectivity index (χ3n) is 6.76. The summed E-state index contributed by atoms with van der Waals surface area (Å²) in [6.45, 7) is 8.24. The number of carbonyl (C=O) groups excluding carboxylic acids is 2. The number of carbonyl (C=O) groups is 2. The van der Waals surface area contributed by atoms with Crippen molar-refractivity contribution in [1.82, 2.24) is 4.98 Å². The lowest BCUT2D eigenvalue weighted by Crippen LogP contribution is -2.16. The van der Waals surface area contributed by atoms with E-state index in [0.717, 1.165) is 17.2 Å². The fraction of sp³-hybridized carbons (Fsp3) is 0.219. The third kappa shape index (κ3) is 6.41. The molecule has 43 heavy (non-hydrogen) atoms. The van der Waals surface area contributed by atoms with Gasteiger partial charge in [0.2, 0.25) is 0 Å². The highest BCUT2D eigenvalue weighted by atomic mass is 32.1. The number of halogens is 3. The highest BCUT2D eigenvalue weighted by molar-refractivity contribution is 7.21. The Kier molecular flexibility index (Phi) is 7.78. The lowest BCUT2D eigenvalue weighted by molar-refractivity contribution is -0.140. The number of hydrogen-bond acceptors (Lipinski definition) is 6. The minimum atomic E-state index is -4.74. The summed E-state index contributed by atoms with van der Waals surface area (Å²) in [7, 11) is 0. The Balaban J connectivity index is 1.45. The van der Waals surface area contributed by atoms with Gasteiger partial charge in [-0.1, -0.05) is 62.7 Å². The fourth-order valence-corrected chi connectivity index (χ4v) is 5.46. The number of nitrogens with zero attached hydrogens (tertiary/aromatic N) is 1. The Hall–Kier alpha value is -4.64. The first kappa shape index (κ1) is 29.8. The molecule has 2 amide bonds. The molecule has 222 valence electrons. The number of nitrogens with two attached hydrogens (primary N) is 1. The number of furan rings is 1. The number of anilines is 1. The summed E-state index contributed by atoms with van der Waals surface area (Å²) in [4.78, 5) is 29.2. The van der Waals surface area contributed by atoms with Gasteiger partial charge in [0.1, 0.15) is 33.5 Å². The van der Waals surface area contributed by atoms with Crippen LogP contribution in [0.1, 0.15) is 63.6 Å². The van der Waals surface area contributed by atoms with E-state index in [4.69, 9.17) is 14.9 Å². The summed E-state index contributed by atoms with van der Waals surface area (Å²) in [6, 6.07) is 18.4. The standard InChI is InChI=1S/C32H28F3N3O4S/c1-17-5-7-18(8-6-17)22-15-24(32(33,34)35)37-30-25(22)26(27(43-30)28(36)39)38-29(40)23-14-13-21(42-23)16-41-20-11-9-19(10-12-20)31(2,3)4/h5-15H,16H2,1-4H3,(H2,36,39)(H,38,40). The van der Waals surface area contributed by atoms with Gasteiger partial charge in [0.05, 0.1) is 5.69 Å². The number of benzene rings is 2. The molecule has 0 aliphatic carbocycles. The number of ether oxygens (including phenoxy) is 1. The van der Waals surface area contributed by atoms with Crippen molar-refractivity contribution in [2.45, 2.75) is 45.9 Å². The van der Waals surface area contributed by atoms with Crippen molar-refractivity contribution in [3.63, 3.8) is 0 Å². The first-order valence-electron chi connectivity index (χ1n) is 13.3. The Morgan fingerprint density at radius 1 is 1.00 bits per heavy atom.